The fraction of sp³-hybridized carbons (Fsp3) is 0.467. The topological polar surface area (TPSA) is 130 Å². The third-order valence-electron chi connectivity index (χ3n) is 7.84. The number of carboxylic acid groups (broad SMARTS) is 1. The number of sulfonamides is 1. The van der Waals surface area contributed by atoms with Crippen molar-refractivity contribution in [1.29, 1.82) is 0 Å². The maximum Gasteiger partial charge on any atom is 0.404 e. The molecule has 2 N–H and O–H groups in total. The van der Waals surface area contributed by atoms with Crippen molar-refractivity contribution in [3.05, 3.63) is 53.1 Å². The average molecular weight is 743 g/mol. The Labute approximate surface area is 279 Å². The summed E-state index contributed by atoms with van der Waals surface area (Å²) in [6.07, 6.45) is -10.5. The lowest BCUT2D eigenvalue weighted by Crippen LogP contribution is -2.45. The number of carbonyl (C=O) groups excluding carboxylic acids is 1. The molecule has 268 valence electrons. The minimum Gasteiger partial charge on any atom is -0.481 e. The lowest BCUT2D eigenvalue weighted by atomic mass is 9.88. The van der Waals surface area contributed by atoms with Gasteiger partial charge in [-0.1, -0.05) is 19.1 Å². The lowest BCUT2D eigenvalue weighted by molar-refractivity contribution is -0.151. The van der Waals surface area contributed by atoms with Gasteiger partial charge in [0.15, 0.2) is 5.82 Å². The largest absolute Gasteiger partial charge is 0.481 e. The summed E-state index contributed by atoms with van der Waals surface area (Å²) in [5.41, 5.74) is -4.01. The number of aromatic nitrogens is 2. The van der Waals surface area contributed by atoms with Crippen LogP contribution in [0.4, 0.5) is 35.1 Å². The van der Waals surface area contributed by atoms with E-state index in [1.165, 1.54) is 43.7 Å². The number of hydrogen-bond donors (Lipinski definition) is 2. The number of hydrogen-bond acceptors (Lipinski definition) is 7. The van der Waals surface area contributed by atoms with Crippen molar-refractivity contribution in [2.24, 2.45) is 5.41 Å². The highest BCUT2D eigenvalue weighted by atomic mass is 32.2. The zero-order chi connectivity index (χ0) is 36.9. The third-order valence-corrected chi connectivity index (χ3v) is 10.4. The average Bonchev–Trinajstić information content (AvgIpc) is 3.54. The van der Waals surface area contributed by atoms with Crippen molar-refractivity contribution in [2.45, 2.75) is 82.5 Å². The molecule has 3 aromatic rings. The van der Waals surface area contributed by atoms with E-state index in [2.05, 4.69) is 9.97 Å². The zero-order valence-electron chi connectivity index (χ0n) is 26.2. The zero-order valence-corrected chi connectivity index (χ0v) is 27.8. The number of nitrogens with one attached hydrogen (secondary N) is 1. The van der Waals surface area contributed by atoms with Crippen molar-refractivity contribution in [2.75, 3.05) is 6.54 Å². The molecule has 19 heteroatoms. The monoisotopic (exact) mass is 742 g/mol. The molecule has 9 nitrogen and oxygen atoms in total. The highest BCUT2D eigenvalue weighted by molar-refractivity contribution is 7.89. The molecule has 0 bridgehead atoms. The van der Waals surface area contributed by atoms with Gasteiger partial charge in [0.1, 0.15) is 21.6 Å². The maximum atomic E-state index is 15.8. The van der Waals surface area contributed by atoms with Gasteiger partial charge in [0.2, 0.25) is 10.0 Å². The van der Waals surface area contributed by atoms with E-state index in [0.29, 0.717) is 23.5 Å². The number of rotatable bonds is 11. The van der Waals surface area contributed by atoms with Crippen LogP contribution in [0.2, 0.25) is 0 Å². The van der Waals surface area contributed by atoms with Gasteiger partial charge >= 0.3 is 12.1 Å². The first-order valence-electron chi connectivity index (χ1n) is 14.6. The molecule has 1 amide bonds. The van der Waals surface area contributed by atoms with Crippen LogP contribution in [0.5, 0.6) is 0 Å². The van der Waals surface area contributed by atoms with E-state index < -0.39 is 110 Å². The van der Waals surface area contributed by atoms with E-state index >= 15 is 4.39 Å². The fourth-order valence-electron chi connectivity index (χ4n) is 5.23. The van der Waals surface area contributed by atoms with Gasteiger partial charge in [-0.2, -0.15) is 17.9 Å². The summed E-state index contributed by atoms with van der Waals surface area (Å²) in [6.45, 7) is 4.16. The van der Waals surface area contributed by atoms with E-state index in [4.69, 9.17) is 0 Å². The van der Waals surface area contributed by atoms with Crippen LogP contribution in [0, 0.1) is 11.2 Å². The first-order valence-corrected chi connectivity index (χ1v) is 16.9. The number of likely N-dealkylation sites (tertiary alicyclic amines) is 1. The molecule has 1 aliphatic heterocycles. The van der Waals surface area contributed by atoms with Crippen molar-refractivity contribution in [1.82, 2.24) is 19.6 Å². The Morgan fingerprint density at radius 3 is 2.33 bits per heavy atom. The summed E-state index contributed by atoms with van der Waals surface area (Å²) in [4.78, 5) is 32.7. The molecule has 49 heavy (non-hydrogen) atoms. The van der Waals surface area contributed by atoms with Crippen LogP contribution in [0.3, 0.4) is 0 Å². The van der Waals surface area contributed by atoms with Gasteiger partial charge in [-0.15, -0.1) is 11.3 Å². The number of pyridine rings is 1. The van der Waals surface area contributed by atoms with Crippen molar-refractivity contribution >= 4 is 33.2 Å². The van der Waals surface area contributed by atoms with E-state index in [9.17, 15) is 53.8 Å². The summed E-state index contributed by atoms with van der Waals surface area (Å²) in [7, 11) is -5.36. The maximum absolute atomic E-state index is 15.8. The standard InChI is InChI=1S/C30H30F8N4O5S2/c1-5-19(30(36,37)38)41-49(46,47)18-10-9-16(20(21(18)31)24(32)33)23-22(26(43)42-13-29(34,35)11-14(42)2)40-25(48-23)17-8-6-7-15(39-17)12-28(3,4)27(44)45/h6-10,14,19,24,41H,5,11-13H2,1-4H3,(H,44,45). The van der Waals surface area contributed by atoms with E-state index in [0.717, 1.165) is 11.8 Å². The highest BCUT2D eigenvalue weighted by Crippen LogP contribution is 2.44. The highest BCUT2D eigenvalue weighted by Gasteiger charge is 2.47. The molecule has 1 aromatic carbocycles. The number of aliphatic carboxylic acids is 1. The first kappa shape index (κ1) is 38.1. The number of halogens is 8. The van der Waals surface area contributed by atoms with Gasteiger partial charge in [0.05, 0.1) is 28.1 Å². The first-order chi connectivity index (χ1) is 22.5. The smallest absolute Gasteiger partial charge is 0.404 e. The molecule has 0 saturated carbocycles. The van der Waals surface area contributed by atoms with E-state index in [-0.39, 0.29) is 22.8 Å². The molecule has 1 saturated heterocycles. The van der Waals surface area contributed by atoms with Gasteiger partial charge in [0, 0.05) is 30.1 Å². The van der Waals surface area contributed by atoms with Crippen molar-refractivity contribution in [3.63, 3.8) is 0 Å². The minimum absolute atomic E-state index is 0.0176. The molecule has 2 unspecified atom stereocenters. The number of nitrogens with zero attached hydrogens (tertiary/aromatic N) is 3. The van der Waals surface area contributed by atoms with Crippen LogP contribution < -0.4 is 4.72 Å². The van der Waals surface area contributed by atoms with Crippen LogP contribution in [0.15, 0.2) is 35.2 Å². The minimum atomic E-state index is -5.36. The van der Waals surface area contributed by atoms with Crippen molar-refractivity contribution in [3.8, 4) is 21.1 Å². The molecule has 0 spiro atoms. The second kappa shape index (κ2) is 13.5. The van der Waals surface area contributed by atoms with Crippen molar-refractivity contribution < 1.29 is 58.2 Å². The summed E-state index contributed by atoms with van der Waals surface area (Å²) in [5, 5.41) is 9.38. The number of carboxylic acids is 1. The Bertz CT molecular complexity index is 1860. The number of amides is 1. The second-order valence-electron chi connectivity index (χ2n) is 12.2. The van der Waals surface area contributed by atoms with Gasteiger partial charge in [0.25, 0.3) is 18.3 Å². The van der Waals surface area contributed by atoms with Crippen LogP contribution in [-0.4, -0.2) is 71.0 Å². The predicted molar refractivity (Wildman–Crippen MR) is 161 cm³/mol. The lowest BCUT2D eigenvalue weighted by Gasteiger charge is -2.22. The van der Waals surface area contributed by atoms with Crippen LogP contribution in [0.1, 0.15) is 68.7 Å². The summed E-state index contributed by atoms with van der Waals surface area (Å²) in [6, 6.07) is 1.79. The Kier molecular flexibility index (Phi) is 10.5. The van der Waals surface area contributed by atoms with Gasteiger partial charge in [-0.05, 0) is 45.4 Å². The molecule has 4 rings (SSSR count). The van der Waals surface area contributed by atoms with Crippen LogP contribution >= 0.6 is 11.3 Å². The number of benzene rings is 1. The molecular weight excluding hydrogens is 712 g/mol. The Morgan fingerprint density at radius 2 is 1.80 bits per heavy atom. The SMILES string of the molecule is CCC(NS(=O)(=O)c1ccc(-c2sc(-c3cccc(CC(C)(C)C(=O)O)n3)nc2C(=O)N2CC(F)(F)CC2C)c(C(F)F)c1F)C(F)(F)F. The third kappa shape index (κ3) is 8.03. The van der Waals surface area contributed by atoms with Crippen LogP contribution in [-0.2, 0) is 21.2 Å². The fourth-order valence-corrected chi connectivity index (χ4v) is 7.69. The van der Waals surface area contributed by atoms with E-state index in [1.807, 2.05) is 0 Å². The second-order valence-corrected chi connectivity index (χ2v) is 14.9. The van der Waals surface area contributed by atoms with Gasteiger partial charge in [-0.3, -0.25) is 14.6 Å². The Balaban J connectivity index is 1.91. The van der Waals surface area contributed by atoms with E-state index in [1.54, 1.807) is 0 Å². The quantitative estimate of drug-likeness (QED) is 0.201. The van der Waals surface area contributed by atoms with Gasteiger partial charge in [-0.25, -0.2) is 35.4 Å². The number of carbonyl (C=O) groups is 2. The number of thiazole rings is 1. The summed E-state index contributed by atoms with van der Waals surface area (Å²) >= 11 is 0.519. The molecule has 3 heterocycles. The molecule has 1 fully saturated rings. The molecule has 1 aliphatic rings. The normalized spacial score (nSPS) is 17.5. The number of alkyl halides is 7. The molecule has 0 radical (unpaired) electrons. The summed E-state index contributed by atoms with van der Waals surface area (Å²) < 4.78 is 140. The predicted octanol–water partition coefficient (Wildman–Crippen LogP) is 7.09. The summed E-state index contributed by atoms with van der Waals surface area (Å²) in [5.74, 6) is -7.66. The molecule has 0 aliphatic carbocycles. The Hall–Kier alpha value is -3.71. The molecule has 2 atom stereocenters. The Morgan fingerprint density at radius 1 is 1.14 bits per heavy atom. The van der Waals surface area contributed by atoms with Crippen LogP contribution in [0.25, 0.3) is 21.1 Å². The molecule has 2 aromatic heterocycles. The van der Waals surface area contributed by atoms with Gasteiger partial charge < -0.3 is 10.0 Å². The molecular formula is C30H30F8N4O5S2.